The van der Waals surface area contributed by atoms with Crippen LogP contribution in [0.5, 0.6) is 0 Å². The Bertz CT molecular complexity index is 704. The summed E-state index contributed by atoms with van der Waals surface area (Å²) in [6.07, 6.45) is 1.90. The first-order valence-electron chi connectivity index (χ1n) is 6.42. The second-order valence-corrected chi connectivity index (χ2v) is 7.46. The van der Waals surface area contributed by atoms with Crippen molar-refractivity contribution in [2.45, 2.75) is 19.3 Å². The highest BCUT2D eigenvalue weighted by molar-refractivity contribution is 7.71. The molecule has 1 aromatic heterocycles. The summed E-state index contributed by atoms with van der Waals surface area (Å²) >= 11 is 6.01. The third-order valence-electron chi connectivity index (χ3n) is 3.47. The molecule has 0 saturated heterocycles. The Morgan fingerprint density at radius 1 is 1.38 bits per heavy atom. The molecular weight excluding hydrogens is 313 g/mol. The Hall–Kier alpha value is -1.13. The number of fused-ring (bicyclic) bond motifs is 1. The highest BCUT2D eigenvalue weighted by Gasteiger charge is 2.33. The fourth-order valence-electron chi connectivity index (χ4n) is 2.28. The number of hydrogen-bond acceptors (Lipinski definition) is 4. The molecule has 0 amide bonds. The van der Waals surface area contributed by atoms with E-state index in [1.165, 1.54) is 14.2 Å². The number of carbonyl (C=O) groups excluding carboxylic acids is 1. The highest BCUT2D eigenvalue weighted by atomic mass is 35.5. The smallest absolute Gasteiger partial charge is 0.361 e. The van der Waals surface area contributed by atoms with Crippen LogP contribution in [0.25, 0.3) is 10.9 Å². The number of rotatable bonds is 6. The summed E-state index contributed by atoms with van der Waals surface area (Å²) in [6.45, 7) is 1.89. The lowest BCUT2D eigenvalue weighted by Crippen LogP contribution is -2.07. The van der Waals surface area contributed by atoms with Crippen molar-refractivity contribution in [2.75, 3.05) is 14.2 Å². The van der Waals surface area contributed by atoms with Gasteiger partial charge in [0.05, 0.1) is 0 Å². The summed E-state index contributed by atoms with van der Waals surface area (Å²) in [5, 5.41) is 1.58. The van der Waals surface area contributed by atoms with Crippen LogP contribution in [0.15, 0.2) is 24.4 Å². The zero-order valence-corrected chi connectivity index (χ0v) is 13.7. The van der Waals surface area contributed by atoms with E-state index < -0.39 is 13.1 Å². The Labute approximate surface area is 128 Å². The van der Waals surface area contributed by atoms with Crippen LogP contribution in [0.3, 0.4) is 0 Å². The van der Waals surface area contributed by atoms with Crippen LogP contribution in [-0.2, 0) is 18.4 Å². The normalized spacial score (nSPS) is 13.5. The molecule has 114 valence electrons. The van der Waals surface area contributed by atoms with Gasteiger partial charge in [0.2, 0.25) is 5.52 Å². The van der Waals surface area contributed by atoms with Crippen molar-refractivity contribution in [3.8, 4) is 0 Å². The number of aromatic amines is 1. The van der Waals surface area contributed by atoms with Gasteiger partial charge in [-0.1, -0.05) is 18.5 Å². The first-order chi connectivity index (χ1) is 9.91. The SMILES string of the molecule is COP(=O)(OC)C(=O)C[C@H](C)c1c[nH]c2ccc(Cl)cc12. The summed E-state index contributed by atoms with van der Waals surface area (Å²) in [5.74, 6) is -0.136. The molecule has 5 nitrogen and oxygen atoms in total. The molecule has 0 aliphatic rings. The van der Waals surface area contributed by atoms with Gasteiger partial charge in [0.1, 0.15) is 0 Å². The Kier molecular flexibility index (Phi) is 4.89. The van der Waals surface area contributed by atoms with E-state index in [9.17, 15) is 9.36 Å². The predicted molar refractivity (Wildman–Crippen MR) is 83.0 cm³/mol. The van der Waals surface area contributed by atoms with Crippen molar-refractivity contribution >= 4 is 35.6 Å². The summed E-state index contributed by atoms with van der Waals surface area (Å²) in [5.41, 5.74) is 1.35. The second kappa shape index (κ2) is 6.32. The van der Waals surface area contributed by atoms with E-state index in [1.54, 1.807) is 6.07 Å². The molecule has 21 heavy (non-hydrogen) atoms. The number of carbonyl (C=O) groups is 1. The van der Waals surface area contributed by atoms with E-state index in [-0.39, 0.29) is 12.3 Å². The Morgan fingerprint density at radius 3 is 2.67 bits per heavy atom. The molecule has 7 heteroatoms. The Morgan fingerprint density at radius 2 is 2.05 bits per heavy atom. The summed E-state index contributed by atoms with van der Waals surface area (Å²) in [6, 6.07) is 5.52. The molecule has 0 unspecified atom stereocenters. The molecule has 0 spiro atoms. The van der Waals surface area contributed by atoms with Crippen LogP contribution in [-0.4, -0.2) is 24.7 Å². The number of hydrogen-bond donors (Lipinski definition) is 1. The summed E-state index contributed by atoms with van der Waals surface area (Å²) in [7, 11) is -1.26. The zero-order chi connectivity index (χ0) is 15.6. The third kappa shape index (κ3) is 3.22. The molecule has 0 fully saturated rings. The summed E-state index contributed by atoms with van der Waals surface area (Å²) in [4.78, 5) is 15.2. The van der Waals surface area contributed by atoms with Gasteiger partial charge in [0.25, 0.3) is 0 Å². The largest absolute Gasteiger partial charge is 0.396 e. The Balaban J connectivity index is 2.27. The van der Waals surface area contributed by atoms with Gasteiger partial charge in [-0.15, -0.1) is 0 Å². The monoisotopic (exact) mass is 329 g/mol. The molecule has 0 saturated carbocycles. The predicted octanol–water partition coefficient (Wildman–Crippen LogP) is 4.33. The maximum absolute atomic E-state index is 12.1. The van der Waals surface area contributed by atoms with E-state index in [1.807, 2.05) is 25.3 Å². The summed E-state index contributed by atoms with van der Waals surface area (Å²) < 4.78 is 21.5. The average molecular weight is 330 g/mol. The van der Waals surface area contributed by atoms with Gasteiger partial charge in [0.15, 0.2) is 0 Å². The molecule has 1 aromatic carbocycles. The number of H-pyrrole nitrogens is 1. The lowest BCUT2D eigenvalue weighted by molar-refractivity contribution is -0.114. The van der Waals surface area contributed by atoms with Crippen LogP contribution in [0, 0.1) is 0 Å². The molecule has 0 aliphatic heterocycles. The fourth-order valence-corrected chi connectivity index (χ4v) is 3.51. The van der Waals surface area contributed by atoms with Crippen LogP contribution in [0.1, 0.15) is 24.8 Å². The van der Waals surface area contributed by atoms with E-state index >= 15 is 0 Å². The lowest BCUT2D eigenvalue weighted by Gasteiger charge is -2.15. The molecule has 2 rings (SSSR count). The van der Waals surface area contributed by atoms with E-state index in [0.29, 0.717) is 5.02 Å². The van der Waals surface area contributed by atoms with E-state index in [2.05, 4.69) is 4.98 Å². The van der Waals surface area contributed by atoms with Crippen LogP contribution < -0.4 is 0 Å². The molecule has 1 heterocycles. The van der Waals surface area contributed by atoms with Gasteiger partial charge < -0.3 is 14.0 Å². The molecule has 1 atom stereocenters. The zero-order valence-electron chi connectivity index (χ0n) is 12.1. The van der Waals surface area contributed by atoms with Crippen LogP contribution in [0.4, 0.5) is 0 Å². The maximum atomic E-state index is 12.1. The first kappa shape index (κ1) is 16.2. The number of benzene rings is 1. The standard InChI is InChI=1S/C14H17ClNO4P/c1-9(6-14(17)21(18,19-2)20-3)12-8-16-13-5-4-10(15)7-11(12)13/h4-5,7-9,16H,6H2,1-3H3/t9-/m0/s1. The number of nitrogens with one attached hydrogen (secondary N) is 1. The maximum Gasteiger partial charge on any atom is 0.396 e. The van der Waals surface area contributed by atoms with Gasteiger partial charge in [-0.2, -0.15) is 0 Å². The molecule has 0 aliphatic carbocycles. The van der Waals surface area contributed by atoms with Crippen LogP contribution >= 0.6 is 19.2 Å². The quantitative estimate of drug-likeness (QED) is 0.801. The van der Waals surface area contributed by atoms with Gasteiger partial charge in [-0.05, 0) is 29.7 Å². The molecular formula is C14H17ClNO4P. The minimum absolute atomic E-state index is 0.0679. The minimum Gasteiger partial charge on any atom is -0.361 e. The third-order valence-corrected chi connectivity index (χ3v) is 5.46. The topological polar surface area (TPSA) is 68.4 Å². The van der Waals surface area contributed by atoms with E-state index in [0.717, 1.165) is 16.5 Å². The highest BCUT2D eigenvalue weighted by Crippen LogP contribution is 2.49. The van der Waals surface area contributed by atoms with Gasteiger partial charge in [0, 0.05) is 42.8 Å². The van der Waals surface area contributed by atoms with Crippen molar-refractivity contribution in [1.82, 2.24) is 4.98 Å². The first-order valence-corrected chi connectivity index (χ1v) is 8.34. The molecule has 1 N–H and O–H groups in total. The van der Waals surface area contributed by atoms with Crippen molar-refractivity contribution in [2.24, 2.45) is 0 Å². The van der Waals surface area contributed by atoms with Crippen molar-refractivity contribution in [3.05, 3.63) is 35.0 Å². The fraction of sp³-hybridized carbons (Fsp3) is 0.357. The van der Waals surface area contributed by atoms with Gasteiger partial charge in [-0.3, -0.25) is 9.36 Å². The molecule has 2 aromatic rings. The second-order valence-electron chi connectivity index (χ2n) is 4.80. The minimum atomic E-state index is -3.67. The van der Waals surface area contributed by atoms with Gasteiger partial charge in [-0.25, -0.2) is 0 Å². The van der Waals surface area contributed by atoms with Crippen molar-refractivity contribution in [3.63, 3.8) is 0 Å². The van der Waals surface area contributed by atoms with Crippen molar-refractivity contribution in [1.29, 1.82) is 0 Å². The number of halogens is 1. The van der Waals surface area contributed by atoms with E-state index in [4.69, 9.17) is 20.6 Å². The van der Waals surface area contributed by atoms with Crippen molar-refractivity contribution < 1.29 is 18.4 Å². The van der Waals surface area contributed by atoms with Crippen LogP contribution in [0.2, 0.25) is 5.02 Å². The molecule has 0 bridgehead atoms. The molecule has 0 radical (unpaired) electrons. The number of aromatic nitrogens is 1. The van der Waals surface area contributed by atoms with Gasteiger partial charge >= 0.3 is 7.60 Å². The average Bonchev–Trinajstić information content (AvgIpc) is 2.89. The lowest BCUT2D eigenvalue weighted by atomic mass is 9.98.